The van der Waals surface area contributed by atoms with E-state index in [2.05, 4.69) is 59.1 Å². The first kappa shape index (κ1) is 16.0. The smallest absolute Gasteiger partial charge is 0.0949 e. The number of likely N-dealkylation sites (N-methyl/N-ethyl adjacent to an activating group) is 1. The molecule has 1 unspecified atom stereocenters. The maximum Gasteiger partial charge on any atom is 0.0949 e. The van der Waals surface area contributed by atoms with Gasteiger partial charge in [0, 0.05) is 21.8 Å². The van der Waals surface area contributed by atoms with Gasteiger partial charge in [-0.1, -0.05) is 24.6 Å². The standard InChI is InChI=1S/C15H18BrClN2S/c1-4-18-14(8-15-19-9(2)10(3)20-15)11-5-6-13(17)12(16)7-11/h5-7,14,18H,4,8H2,1-3H3. The van der Waals surface area contributed by atoms with E-state index in [1.165, 1.54) is 15.4 Å². The molecule has 1 aromatic heterocycles. The van der Waals surface area contributed by atoms with Crippen LogP contribution >= 0.6 is 38.9 Å². The van der Waals surface area contributed by atoms with Crippen LogP contribution < -0.4 is 5.32 Å². The van der Waals surface area contributed by atoms with Crippen LogP contribution in [0.25, 0.3) is 0 Å². The van der Waals surface area contributed by atoms with Crippen LogP contribution in [0.4, 0.5) is 0 Å². The second-order valence-corrected chi connectivity index (χ2v) is 7.29. The Hall–Kier alpha value is -0.420. The number of nitrogens with one attached hydrogen (secondary N) is 1. The highest BCUT2D eigenvalue weighted by Gasteiger charge is 2.15. The van der Waals surface area contributed by atoms with Crippen LogP contribution in [0, 0.1) is 13.8 Å². The van der Waals surface area contributed by atoms with E-state index in [9.17, 15) is 0 Å². The first-order chi connectivity index (χ1) is 9.51. The molecule has 0 saturated heterocycles. The number of aromatic nitrogens is 1. The van der Waals surface area contributed by atoms with Gasteiger partial charge in [-0.3, -0.25) is 0 Å². The Balaban J connectivity index is 2.23. The summed E-state index contributed by atoms with van der Waals surface area (Å²) in [5.74, 6) is 0. The van der Waals surface area contributed by atoms with E-state index in [1.54, 1.807) is 11.3 Å². The summed E-state index contributed by atoms with van der Waals surface area (Å²) in [6.07, 6.45) is 0.904. The zero-order chi connectivity index (χ0) is 14.7. The molecule has 0 amide bonds. The van der Waals surface area contributed by atoms with Crippen molar-refractivity contribution < 1.29 is 0 Å². The van der Waals surface area contributed by atoms with Crippen molar-refractivity contribution in [1.82, 2.24) is 10.3 Å². The molecule has 2 aromatic rings. The van der Waals surface area contributed by atoms with Gasteiger partial charge in [0.2, 0.25) is 0 Å². The monoisotopic (exact) mass is 372 g/mol. The fraction of sp³-hybridized carbons (Fsp3) is 0.400. The summed E-state index contributed by atoms with van der Waals surface area (Å²) < 4.78 is 0.936. The summed E-state index contributed by atoms with van der Waals surface area (Å²) in [6.45, 7) is 7.23. The minimum atomic E-state index is 0.263. The molecule has 0 radical (unpaired) electrons. The van der Waals surface area contributed by atoms with Crippen molar-refractivity contribution in [3.05, 3.63) is 48.8 Å². The molecule has 0 saturated carbocycles. The van der Waals surface area contributed by atoms with E-state index in [0.717, 1.165) is 28.2 Å². The zero-order valence-electron chi connectivity index (χ0n) is 11.8. The van der Waals surface area contributed by atoms with E-state index in [0.29, 0.717) is 0 Å². The van der Waals surface area contributed by atoms with Gasteiger partial charge in [-0.15, -0.1) is 11.3 Å². The maximum absolute atomic E-state index is 6.07. The first-order valence-corrected chi connectivity index (χ1v) is 8.61. The van der Waals surface area contributed by atoms with Gasteiger partial charge in [0.05, 0.1) is 15.7 Å². The lowest BCUT2D eigenvalue weighted by Gasteiger charge is -2.17. The number of benzene rings is 1. The van der Waals surface area contributed by atoms with Crippen LogP contribution in [0.2, 0.25) is 5.02 Å². The van der Waals surface area contributed by atoms with E-state index in [-0.39, 0.29) is 6.04 Å². The van der Waals surface area contributed by atoms with Crippen LogP contribution in [0.3, 0.4) is 0 Å². The van der Waals surface area contributed by atoms with Crippen LogP contribution in [-0.2, 0) is 6.42 Å². The van der Waals surface area contributed by atoms with Crippen molar-refractivity contribution in [3.63, 3.8) is 0 Å². The third-order valence-electron chi connectivity index (χ3n) is 3.25. The van der Waals surface area contributed by atoms with Gasteiger partial charge >= 0.3 is 0 Å². The lowest BCUT2D eigenvalue weighted by atomic mass is 10.0. The molecule has 20 heavy (non-hydrogen) atoms. The quantitative estimate of drug-likeness (QED) is 0.791. The molecule has 2 rings (SSSR count). The second-order valence-electron chi connectivity index (χ2n) is 4.74. The van der Waals surface area contributed by atoms with Gasteiger partial charge in [0.1, 0.15) is 0 Å². The topological polar surface area (TPSA) is 24.9 Å². The van der Waals surface area contributed by atoms with E-state index >= 15 is 0 Å². The summed E-state index contributed by atoms with van der Waals surface area (Å²) in [4.78, 5) is 5.94. The number of hydrogen-bond acceptors (Lipinski definition) is 3. The number of aryl methyl sites for hydroxylation is 2. The van der Waals surface area contributed by atoms with E-state index in [4.69, 9.17) is 11.6 Å². The zero-order valence-corrected chi connectivity index (χ0v) is 15.0. The van der Waals surface area contributed by atoms with Gasteiger partial charge in [-0.05, 0) is 54.0 Å². The summed E-state index contributed by atoms with van der Waals surface area (Å²) in [5.41, 5.74) is 2.37. The molecular weight excluding hydrogens is 356 g/mol. The highest BCUT2D eigenvalue weighted by molar-refractivity contribution is 9.10. The molecule has 1 heterocycles. The average Bonchev–Trinajstić information content (AvgIpc) is 2.71. The van der Waals surface area contributed by atoms with E-state index in [1.807, 2.05) is 6.07 Å². The Morgan fingerprint density at radius 2 is 2.15 bits per heavy atom. The largest absolute Gasteiger partial charge is 0.310 e. The van der Waals surface area contributed by atoms with Crippen LogP contribution in [-0.4, -0.2) is 11.5 Å². The predicted molar refractivity (Wildman–Crippen MR) is 90.9 cm³/mol. The lowest BCUT2D eigenvalue weighted by molar-refractivity contribution is 0.548. The van der Waals surface area contributed by atoms with E-state index < -0.39 is 0 Å². The van der Waals surface area contributed by atoms with Crippen molar-refractivity contribution in [2.24, 2.45) is 0 Å². The Bertz CT molecular complexity index is 578. The van der Waals surface area contributed by atoms with Crippen LogP contribution in [0.5, 0.6) is 0 Å². The molecule has 1 atom stereocenters. The van der Waals surface area contributed by atoms with Crippen molar-refractivity contribution >= 4 is 38.9 Å². The molecule has 5 heteroatoms. The normalized spacial score (nSPS) is 12.7. The SMILES string of the molecule is CCNC(Cc1nc(C)c(C)s1)c1ccc(Cl)c(Br)c1. The van der Waals surface area contributed by atoms with Crippen LogP contribution in [0.15, 0.2) is 22.7 Å². The Morgan fingerprint density at radius 1 is 1.40 bits per heavy atom. The van der Waals surface area contributed by atoms with Crippen molar-refractivity contribution in [1.29, 1.82) is 0 Å². The molecule has 0 spiro atoms. The number of thiazole rings is 1. The molecule has 0 aliphatic heterocycles. The number of rotatable bonds is 5. The molecule has 1 aromatic carbocycles. The Kier molecular flexibility index (Phi) is 5.61. The number of halogens is 2. The molecule has 0 fully saturated rings. The molecule has 0 bridgehead atoms. The molecule has 0 aliphatic rings. The molecular formula is C15H18BrClN2S. The number of hydrogen-bond donors (Lipinski definition) is 1. The van der Waals surface area contributed by atoms with Gasteiger partial charge in [-0.2, -0.15) is 0 Å². The molecule has 108 valence electrons. The highest BCUT2D eigenvalue weighted by Crippen LogP contribution is 2.29. The van der Waals surface area contributed by atoms with Crippen LogP contribution in [0.1, 0.15) is 34.1 Å². The van der Waals surface area contributed by atoms with Gasteiger partial charge in [0.15, 0.2) is 0 Å². The molecule has 2 nitrogen and oxygen atoms in total. The maximum atomic E-state index is 6.07. The summed E-state index contributed by atoms with van der Waals surface area (Å²) in [6, 6.07) is 6.36. The van der Waals surface area contributed by atoms with Crippen molar-refractivity contribution in [3.8, 4) is 0 Å². The predicted octanol–water partition coefficient (Wildman–Crippen LogP) is 5.07. The minimum Gasteiger partial charge on any atom is -0.310 e. The summed E-state index contributed by atoms with van der Waals surface area (Å²) >= 11 is 11.3. The third kappa shape index (κ3) is 3.82. The Labute approximate surface area is 137 Å². The fourth-order valence-electron chi connectivity index (χ4n) is 2.08. The second kappa shape index (κ2) is 7.03. The minimum absolute atomic E-state index is 0.263. The van der Waals surface area contributed by atoms with Gasteiger partial charge in [0.25, 0.3) is 0 Å². The fourth-order valence-corrected chi connectivity index (χ4v) is 3.58. The van der Waals surface area contributed by atoms with Gasteiger partial charge < -0.3 is 5.32 Å². The molecule has 0 aliphatic carbocycles. The summed E-state index contributed by atoms with van der Waals surface area (Å²) in [7, 11) is 0. The third-order valence-corrected chi connectivity index (χ3v) is 5.56. The van der Waals surface area contributed by atoms with Crippen molar-refractivity contribution in [2.75, 3.05) is 6.54 Å². The first-order valence-electron chi connectivity index (χ1n) is 6.62. The average molecular weight is 374 g/mol. The lowest BCUT2D eigenvalue weighted by Crippen LogP contribution is -2.23. The number of nitrogens with zero attached hydrogens (tertiary/aromatic N) is 1. The Morgan fingerprint density at radius 3 is 2.70 bits per heavy atom. The summed E-state index contributed by atoms with van der Waals surface area (Å²) in [5, 5.41) is 5.44. The molecule has 1 N–H and O–H groups in total. The van der Waals surface area contributed by atoms with Gasteiger partial charge in [-0.25, -0.2) is 4.98 Å². The highest BCUT2D eigenvalue weighted by atomic mass is 79.9. The van der Waals surface area contributed by atoms with Crippen molar-refractivity contribution in [2.45, 2.75) is 33.2 Å².